The molecule has 0 aliphatic rings. The van der Waals surface area contributed by atoms with Crippen LogP contribution in [0.5, 0.6) is 0 Å². The summed E-state index contributed by atoms with van der Waals surface area (Å²) in [4.78, 5) is 12.1. The molecule has 0 fully saturated rings. The summed E-state index contributed by atoms with van der Waals surface area (Å²) in [6.45, 7) is 1.59. The molecule has 0 saturated carbocycles. The average molecular weight is 329 g/mol. The van der Waals surface area contributed by atoms with E-state index >= 15 is 0 Å². The maximum atomic E-state index is 13.6. The second-order valence-electron chi connectivity index (χ2n) is 5.23. The van der Waals surface area contributed by atoms with Crippen molar-refractivity contribution in [2.24, 2.45) is 7.05 Å². The largest absolute Gasteiger partial charge is 0.435 e. The van der Waals surface area contributed by atoms with Crippen molar-refractivity contribution in [3.05, 3.63) is 53.1 Å². The van der Waals surface area contributed by atoms with E-state index in [-0.39, 0.29) is 6.42 Å². The van der Waals surface area contributed by atoms with Gasteiger partial charge in [-0.05, 0) is 25.0 Å². The zero-order chi connectivity index (χ0) is 17.2. The Balaban J connectivity index is 2.12. The number of halogens is 4. The van der Waals surface area contributed by atoms with Gasteiger partial charge in [0, 0.05) is 19.3 Å². The summed E-state index contributed by atoms with van der Waals surface area (Å²) in [5.74, 6) is -1.32. The number of amides is 1. The summed E-state index contributed by atoms with van der Waals surface area (Å²) in [5, 5.41) is 5.72. The molecular weight excluding hydrogens is 314 g/mol. The van der Waals surface area contributed by atoms with E-state index in [0.717, 1.165) is 10.9 Å². The van der Waals surface area contributed by atoms with Gasteiger partial charge in [-0.2, -0.15) is 18.3 Å². The lowest BCUT2D eigenvalue weighted by Gasteiger charge is -2.14. The van der Waals surface area contributed by atoms with Crippen molar-refractivity contribution in [3.63, 3.8) is 0 Å². The van der Waals surface area contributed by atoms with Crippen LogP contribution in [0.2, 0.25) is 0 Å². The minimum atomic E-state index is -4.72. The van der Waals surface area contributed by atoms with Crippen molar-refractivity contribution in [2.45, 2.75) is 25.6 Å². The molecule has 1 N–H and O–H groups in total. The second kappa shape index (κ2) is 6.39. The molecule has 2 aromatic rings. The van der Waals surface area contributed by atoms with E-state index in [9.17, 15) is 22.4 Å². The molecule has 0 aliphatic carbocycles. The summed E-state index contributed by atoms with van der Waals surface area (Å²) in [6.07, 6.45) is -3.54. The first-order valence-corrected chi connectivity index (χ1v) is 6.83. The van der Waals surface area contributed by atoms with Gasteiger partial charge < -0.3 is 5.32 Å². The maximum absolute atomic E-state index is 13.6. The fourth-order valence-electron chi connectivity index (χ4n) is 2.21. The molecule has 0 aliphatic heterocycles. The van der Waals surface area contributed by atoms with E-state index in [2.05, 4.69) is 10.4 Å². The summed E-state index contributed by atoms with van der Waals surface area (Å²) in [5.41, 5.74) is -1.42. The predicted molar refractivity (Wildman–Crippen MR) is 75.2 cm³/mol. The molecule has 0 bridgehead atoms. The molecule has 124 valence electrons. The van der Waals surface area contributed by atoms with Gasteiger partial charge in [0.25, 0.3) is 5.91 Å². The Morgan fingerprint density at radius 3 is 2.61 bits per heavy atom. The Morgan fingerprint density at radius 1 is 1.35 bits per heavy atom. The third kappa shape index (κ3) is 4.08. The molecule has 1 unspecified atom stereocenters. The number of alkyl halides is 3. The van der Waals surface area contributed by atoms with Crippen LogP contribution in [0, 0.1) is 5.82 Å². The van der Waals surface area contributed by atoms with E-state index in [1.807, 2.05) is 0 Å². The van der Waals surface area contributed by atoms with Gasteiger partial charge in [-0.3, -0.25) is 9.48 Å². The third-order valence-electron chi connectivity index (χ3n) is 3.20. The summed E-state index contributed by atoms with van der Waals surface area (Å²) in [6, 6.07) is 5.49. The first kappa shape index (κ1) is 17.0. The fourth-order valence-corrected chi connectivity index (χ4v) is 2.21. The highest BCUT2D eigenvalue weighted by Gasteiger charge is 2.39. The lowest BCUT2D eigenvalue weighted by molar-refractivity contribution is -0.141. The van der Waals surface area contributed by atoms with Gasteiger partial charge in [0.1, 0.15) is 5.82 Å². The van der Waals surface area contributed by atoms with Gasteiger partial charge in [-0.1, -0.05) is 18.2 Å². The molecule has 2 rings (SSSR count). The van der Waals surface area contributed by atoms with Crippen molar-refractivity contribution in [1.29, 1.82) is 0 Å². The number of aromatic nitrogens is 2. The quantitative estimate of drug-likeness (QED) is 0.877. The molecule has 1 amide bonds. The molecule has 8 heteroatoms. The molecule has 1 atom stereocenters. The van der Waals surface area contributed by atoms with Crippen molar-refractivity contribution in [3.8, 4) is 0 Å². The number of nitrogens with one attached hydrogen (secondary N) is 1. The van der Waals surface area contributed by atoms with Gasteiger partial charge in [-0.15, -0.1) is 0 Å². The Bertz CT molecular complexity index is 709. The van der Waals surface area contributed by atoms with Crippen LogP contribution in [0.25, 0.3) is 0 Å². The minimum Gasteiger partial charge on any atom is -0.349 e. The third-order valence-corrected chi connectivity index (χ3v) is 3.20. The average Bonchev–Trinajstić information content (AvgIpc) is 2.83. The summed E-state index contributed by atoms with van der Waals surface area (Å²) in [7, 11) is 1.30. The van der Waals surface area contributed by atoms with Crippen molar-refractivity contribution >= 4 is 5.91 Å². The number of hydrogen-bond donors (Lipinski definition) is 1. The lowest BCUT2D eigenvalue weighted by atomic mass is 10.1. The van der Waals surface area contributed by atoms with Crippen molar-refractivity contribution in [1.82, 2.24) is 15.1 Å². The van der Waals surface area contributed by atoms with Gasteiger partial charge in [0.2, 0.25) is 0 Å². The molecule has 0 radical (unpaired) electrons. The molecule has 1 aromatic carbocycles. The lowest BCUT2D eigenvalue weighted by Crippen LogP contribution is -2.35. The minimum absolute atomic E-state index is 0.167. The van der Waals surface area contributed by atoms with E-state index in [4.69, 9.17) is 0 Å². The topological polar surface area (TPSA) is 46.9 Å². The number of carbonyl (C=O) groups is 1. The number of nitrogens with zero attached hydrogens (tertiary/aromatic N) is 2. The first-order valence-electron chi connectivity index (χ1n) is 6.83. The van der Waals surface area contributed by atoms with Crippen molar-refractivity contribution < 1.29 is 22.4 Å². The zero-order valence-corrected chi connectivity index (χ0v) is 12.5. The van der Waals surface area contributed by atoms with Gasteiger partial charge >= 0.3 is 6.18 Å². The van der Waals surface area contributed by atoms with Crippen LogP contribution in [0.15, 0.2) is 30.5 Å². The number of rotatable bonds is 4. The number of carbonyl (C=O) groups excluding carboxylic acids is 1. The standard InChI is InChI=1S/C15H15F4N3O/c1-9(7-10-5-3-4-6-12(10)16)20-14(23)11-8-22(2)21-13(11)15(17,18)19/h3-6,8-9H,7H2,1-2H3,(H,20,23). The summed E-state index contributed by atoms with van der Waals surface area (Å²) < 4.78 is 53.1. The number of benzene rings is 1. The van der Waals surface area contributed by atoms with Crippen LogP contribution < -0.4 is 5.32 Å². The number of aryl methyl sites for hydroxylation is 1. The Hall–Kier alpha value is -2.38. The van der Waals surface area contributed by atoms with Crippen molar-refractivity contribution in [2.75, 3.05) is 0 Å². The second-order valence-corrected chi connectivity index (χ2v) is 5.23. The molecule has 1 aromatic heterocycles. The molecule has 0 saturated heterocycles. The molecule has 0 spiro atoms. The Labute approximate surface area is 130 Å². The molecular formula is C15H15F4N3O. The first-order chi connectivity index (χ1) is 10.7. The van der Waals surface area contributed by atoms with E-state index < -0.39 is 35.2 Å². The van der Waals surface area contributed by atoms with E-state index in [1.54, 1.807) is 19.1 Å². The van der Waals surface area contributed by atoms with Crippen LogP contribution in [0.3, 0.4) is 0 Å². The van der Waals surface area contributed by atoms with Gasteiger partial charge in [0.05, 0.1) is 5.56 Å². The Morgan fingerprint density at radius 2 is 2.00 bits per heavy atom. The highest BCUT2D eigenvalue weighted by molar-refractivity contribution is 5.95. The Kier molecular flexibility index (Phi) is 4.72. The maximum Gasteiger partial charge on any atom is 0.435 e. The predicted octanol–water partition coefficient (Wildman–Crippen LogP) is 2.94. The van der Waals surface area contributed by atoms with Gasteiger partial charge in [0.15, 0.2) is 5.69 Å². The smallest absolute Gasteiger partial charge is 0.349 e. The highest BCUT2D eigenvalue weighted by atomic mass is 19.4. The SMILES string of the molecule is CC(Cc1ccccc1F)NC(=O)c1cn(C)nc1C(F)(F)F. The molecule has 4 nitrogen and oxygen atoms in total. The van der Waals surface area contributed by atoms with Crippen LogP contribution >= 0.6 is 0 Å². The van der Waals surface area contributed by atoms with Crippen LogP contribution in [0.4, 0.5) is 17.6 Å². The fraction of sp³-hybridized carbons (Fsp3) is 0.333. The molecule has 1 heterocycles. The monoisotopic (exact) mass is 329 g/mol. The highest BCUT2D eigenvalue weighted by Crippen LogP contribution is 2.30. The molecule has 23 heavy (non-hydrogen) atoms. The van der Waals surface area contributed by atoms with Crippen LogP contribution in [-0.2, 0) is 19.6 Å². The number of hydrogen-bond acceptors (Lipinski definition) is 2. The van der Waals surface area contributed by atoms with Gasteiger partial charge in [-0.25, -0.2) is 4.39 Å². The van der Waals surface area contributed by atoms with Crippen LogP contribution in [0.1, 0.15) is 28.5 Å². The van der Waals surface area contributed by atoms with E-state index in [1.165, 1.54) is 19.2 Å². The van der Waals surface area contributed by atoms with Crippen LogP contribution in [-0.4, -0.2) is 21.7 Å². The normalized spacial score (nSPS) is 13.0. The van der Waals surface area contributed by atoms with E-state index in [0.29, 0.717) is 5.56 Å². The zero-order valence-electron chi connectivity index (χ0n) is 12.5. The summed E-state index contributed by atoms with van der Waals surface area (Å²) >= 11 is 0.